The molecule has 1 heterocycles. The molecule has 2 rings (SSSR count). The molecule has 0 spiro atoms. The van der Waals surface area contributed by atoms with Crippen LogP contribution in [-0.4, -0.2) is 24.7 Å². The standard InChI is InChI=1S/C18H28N2O2/c1-11(2)14-6-5-7-15(12(3)4)17(14)20-18(21)16-9-8-13(10-19)22-16/h5-7,11-13,16H,8-10,19H2,1-4H3,(H,20,21)/t13-,16+/m1/s1. The van der Waals surface area contributed by atoms with Crippen LogP contribution < -0.4 is 11.1 Å². The van der Waals surface area contributed by atoms with Crippen LogP contribution in [0.1, 0.15) is 63.5 Å². The third kappa shape index (κ3) is 3.68. The summed E-state index contributed by atoms with van der Waals surface area (Å²) in [5.74, 6) is 0.663. The second-order valence-electron chi connectivity index (χ2n) is 6.67. The minimum absolute atomic E-state index is 0.0145. The van der Waals surface area contributed by atoms with E-state index >= 15 is 0 Å². The van der Waals surface area contributed by atoms with Crippen molar-refractivity contribution in [1.29, 1.82) is 0 Å². The first-order valence-corrected chi connectivity index (χ1v) is 8.23. The highest BCUT2D eigenvalue weighted by Gasteiger charge is 2.30. The highest BCUT2D eigenvalue weighted by atomic mass is 16.5. The van der Waals surface area contributed by atoms with Crippen molar-refractivity contribution in [2.45, 2.75) is 64.6 Å². The molecule has 1 fully saturated rings. The van der Waals surface area contributed by atoms with Crippen molar-refractivity contribution in [3.63, 3.8) is 0 Å². The fraction of sp³-hybridized carbons (Fsp3) is 0.611. The topological polar surface area (TPSA) is 64.4 Å². The summed E-state index contributed by atoms with van der Waals surface area (Å²) in [5, 5.41) is 3.12. The van der Waals surface area contributed by atoms with Crippen LogP contribution in [-0.2, 0) is 9.53 Å². The van der Waals surface area contributed by atoms with Gasteiger partial charge < -0.3 is 15.8 Å². The van der Waals surface area contributed by atoms with Crippen molar-refractivity contribution >= 4 is 11.6 Å². The highest BCUT2D eigenvalue weighted by Crippen LogP contribution is 2.33. The quantitative estimate of drug-likeness (QED) is 0.876. The summed E-state index contributed by atoms with van der Waals surface area (Å²) >= 11 is 0. The molecule has 1 amide bonds. The predicted molar refractivity (Wildman–Crippen MR) is 90.2 cm³/mol. The first kappa shape index (κ1) is 17.0. The molecule has 1 aliphatic heterocycles. The van der Waals surface area contributed by atoms with Gasteiger partial charge in [0.15, 0.2) is 0 Å². The molecule has 1 saturated heterocycles. The van der Waals surface area contributed by atoms with Gasteiger partial charge in [-0.1, -0.05) is 45.9 Å². The van der Waals surface area contributed by atoms with Crippen molar-refractivity contribution in [1.82, 2.24) is 0 Å². The Bertz CT molecular complexity index is 500. The number of carbonyl (C=O) groups excluding carboxylic acids is 1. The number of benzene rings is 1. The number of rotatable bonds is 5. The van der Waals surface area contributed by atoms with E-state index in [1.165, 1.54) is 11.1 Å². The minimum Gasteiger partial charge on any atom is -0.364 e. The molecular formula is C18H28N2O2. The summed E-state index contributed by atoms with van der Waals surface area (Å²) in [4.78, 5) is 12.5. The average molecular weight is 304 g/mol. The molecule has 0 bridgehead atoms. The van der Waals surface area contributed by atoms with Gasteiger partial charge in [-0.25, -0.2) is 0 Å². The van der Waals surface area contributed by atoms with Gasteiger partial charge >= 0.3 is 0 Å². The number of amides is 1. The third-order valence-electron chi connectivity index (χ3n) is 4.28. The number of hydrogen-bond acceptors (Lipinski definition) is 3. The molecular weight excluding hydrogens is 276 g/mol. The van der Waals surface area contributed by atoms with Crippen LogP contribution >= 0.6 is 0 Å². The Morgan fingerprint density at radius 3 is 2.27 bits per heavy atom. The van der Waals surface area contributed by atoms with E-state index in [2.05, 4.69) is 51.2 Å². The summed E-state index contributed by atoms with van der Waals surface area (Å²) in [6, 6.07) is 6.24. The normalized spacial score (nSPS) is 21.6. The van der Waals surface area contributed by atoms with Crippen LogP contribution in [0.2, 0.25) is 0 Å². The van der Waals surface area contributed by atoms with E-state index in [1.54, 1.807) is 0 Å². The average Bonchev–Trinajstić information content (AvgIpc) is 2.95. The van der Waals surface area contributed by atoms with Crippen LogP contribution in [0, 0.1) is 0 Å². The van der Waals surface area contributed by atoms with Crippen LogP contribution in [0.3, 0.4) is 0 Å². The van der Waals surface area contributed by atoms with Crippen LogP contribution in [0.25, 0.3) is 0 Å². The summed E-state index contributed by atoms with van der Waals surface area (Å²) in [5.41, 5.74) is 8.92. The molecule has 0 unspecified atom stereocenters. The van der Waals surface area contributed by atoms with E-state index in [4.69, 9.17) is 10.5 Å². The molecule has 0 saturated carbocycles. The Balaban J connectivity index is 2.22. The van der Waals surface area contributed by atoms with Crippen molar-refractivity contribution < 1.29 is 9.53 Å². The fourth-order valence-corrected chi connectivity index (χ4v) is 2.97. The van der Waals surface area contributed by atoms with E-state index < -0.39 is 0 Å². The predicted octanol–water partition coefficient (Wildman–Crippen LogP) is 3.38. The molecule has 4 heteroatoms. The van der Waals surface area contributed by atoms with E-state index in [-0.39, 0.29) is 18.1 Å². The van der Waals surface area contributed by atoms with Gasteiger partial charge in [0.25, 0.3) is 5.91 Å². The summed E-state index contributed by atoms with van der Waals surface area (Å²) < 4.78 is 5.71. The second-order valence-corrected chi connectivity index (χ2v) is 6.67. The molecule has 22 heavy (non-hydrogen) atoms. The monoisotopic (exact) mass is 304 g/mol. The molecule has 4 nitrogen and oxygen atoms in total. The van der Waals surface area contributed by atoms with Gasteiger partial charge in [0.1, 0.15) is 6.10 Å². The molecule has 1 aromatic carbocycles. The maximum Gasteiger partial charge on any atom is 0.253 e. The van der Waals surface area contributed by atoms with Gasteiger partial charge in [0.05, 0.1) is 6.10 Å². The van der Waals surface area contributed by atoms with Crippen molar-refractivity contribution in [3.8, 4) is 0 Å². The molecule has 1 aliphatic rings. The summed E-state index contributed by atoms with van der Waals surface area (Å²) in [6.07, 6.45) is 1.24. The van der Waals surface area contributed by atoms with Crippen molar-refractivity contribution in [2.75, 3.05) is 11.9 Å². The maximum atomic E-state index is 12.5. The first-order valence-electron chi connectivity index (χ1n) is 8.23. The molecule has 122 valence electrons. The van der Waals surface area contributed by atoms with Crippen molar-refractivity contribution in [2.24, 2.45) is 5.73 Å². The summed E-state index contributed by atoms with van der Waals surface area (Å²) in [7, 11) is 0. The Morgan fingerprint density at radius 1 is 1.23 bits per heavy atom. The maximum absolute atomic E-state index is 12.5. The third-order valence-corrected chi connectivity index (χ3v) is 4.28. The SMILES string of the molecule is CC(C)c1cccc(C(C)C)c1NC(=O)[C@@H]1CC[C@H](CN)O1. The zero-order valence-electron chi connectivity index (χ0n) is 14.1. The Labute approximate surface area is 133 Å². The molecule has 0 aromatic heterocycles. The van der Waals surface area contributed by atoms with Gasteiger partial charge in [-0.15, -0.1) is 0 Å². The zero-order valence-corrected chi connectivity index (χ0v) is 14.1. The Kier molecular flexibility index (Phi) is 5.59. The number of nitrogens with two attached hydrogens (primary N) is 1. The number of carbonyl (C=O) groups is 1. The van der Waals surface area contributed by atoms with Gasteiger partial charge in [-0.3, -0.25) is 4.79 Å². The number of ether oxygens (including phenoxy) is 1. The second kappa shape index (κ2) is 7.25. The molecule has 2 atom stereocenters. The lowest BCUT2D eigenvalue weighted by Crippen LogP contribution is -2.30. The number of anilines is 1. The van der Waals surface area contributed by atoms with E-state index in [0.717, 1.165) is 18.5 Å². The minimum atomic E-state index is -0.381. The molecule has 1 aromatic rings. The number of hydrogen-bond donors (Lipinski definition) is 2. The smallest absolute Gasteiger partial charge is 0.253 e. The first-order chi connectivity index (χ1) is 10.4. The Hall–Kier alpha value is -1.39. The Morgan fingerprint density at radius 2 is 1.82 bits per heavy atom. The zero-order chi connectivity index (χ0) is 16.3. The number of nitrogens with one attached hydrogen (secondary N) is 1. The van der Waals surface area contributed by atoms with E-state index in [1.807, 2.05) is 0 Å². The van der Waals surface area contributed by atoms with Gasteiger partial charge in [-0.05, 0) is 35.8 Å². The lowest BCUT2D eigenvalue weighted by atomic mass is 9.92. The number of para-hydroxylation sites is 1. The van der Waals surface area contributed by atoms with Crippen LogP contribution in [0.4, 0.5) is 5.69 Å². The van der Waals surface area contributed by atoms with Gasteiger partial charge in [-0.2, -0.15) is 0 Å². The lowest BCUT2D eigenvalue weighted by molar-refractivity contribution is -0.126. The molecule has 0 radical (unpaired) electrons. The highest BCUT2D eigenvalue weighted by molar-refractivity contribution is 5.96. The van der Waals surface area contributed by atoms with Gasteiger partial charge in [0, 0.05) is 12.2 Å². The van der Waals surface area contributed by atoms with Crippen LogP contribution in [0.5, 0.6) is 0 Å². The van der Waals surface area contributed by atoms with Crippen LogP contribution in [0.15, 0.2) is 18.2 Å². The molecule has 3 N–H and O–H groups in total. The van der Waals surface area contributed by atoms with Gasteiger partial charge in [0.2, 0.25) is 0 Å². The largest absolute Gasteiger partial charge is 0.364 e. The van der Waals surface area contributed by atoms with Crippen molar-refractivity contribution in [3.05, 3.63) is 29.3 Å². The van der Waals surface area contributed by atoms with E-state index in [9.17, 15) is 4.79 Å². The molecule has 0 aliphatic carbocycles. The summed E-state index contributed by atoms with van der Waals surface area (Å²) in [6.45, 7) is 9.05. The fourth-order valence-electron chi connectivity index (χ4n) is 2.97. The van der Waals surface area contributed by atoms with E-state index in [0.29, 0.717) is 18.4 Å². The lowest BCUT2D eigenvalue weighted by Gasteiger charge is -2.21.